The molecule has 0 bridgehead atoms. The lowest BCUT2D eigenvalue weighted by molar-refractivity contribution is -0.176. The fourth-order valence-electron chi connectivity index (χ4n) is 3.09. The van der Waals surface area contributed by atoms with Crippen molar-refractivity contribution in [2.24, 2.45) is 0 Å². The molecule has 3 heterocycles. The Kier molecular flexibility index (Phi) is 11.6. The molecule has 34 heavy (non-hydrogen) atoms. The molecule has 1 unspecified atom stereocenters. The number of aliphatic hydroxyl groups is 2. The van der Waals surface area contributed by atoms with E-state index in [0.29, 0.717) is 29.3 Å². The van der Waals surface area contributed by atoms with E-state index in [4.69, 9.17) is 20.1 Å². The van der Waals surface area contributed by atoms with Crippen LogP contribution >= 0.6 is 35.8 Å². The van der Waals surface area contributed by atoms with Crippen molar-refractivity contribution in [2.45, 2.75) is 13.5 Å². The summed E-state index contributed by atoms with van der Waals surface area (Å²) in [6, 6.07) is 9.79. The van der Waals surface area contributed by atoms with Gasteiger partial charge >= 0.3 is 0 Å². The summed E-state index contributed by atoms with van der Waals surface area (Å²) in [6.07, 6.45) is 0. The maximum atomic E-state index is 12.9. The molecule has 0 aliphatic heterocycles. The number of aryl methyl sites for hydroxylation is 1. The molecule has 1 aromatic carbocycles. The smallest absolute Gasteiger partial charge is 0.287 e. The Labute approximate surface area is 209 Å². The number of aromatic amines is 1. The molecule has 12 nitrogen and oxygen atoms in total. The van der Waals surface area contributed by atoms with Crippen LogP contribution < -0.4 is 5.56 Å². The summed E-state index contributed by atoms with van der Waals surface area (Å²) in [7, 11) is 0.460. The zero-order chi connectivity index (χ0) is 25.3. The van der Waals surface area contributed by atoms with Gasteiger partial charge in [0.2, 0.25) is 13.4 Å². The molecule has 0 aliphatic carbocycles. The van der Waals surface area contributed by atoms with E-state index in [0.717, 1.165) is 17.0 Å². The fourth-order valence-corrected chi connectivity index (χ4v) is 4.20. The highest BCUT2D eigenvalue weighted by molar-refractivity contribution is 9.10. The lowest BCUT2D eigenvalue weighted by atomic mass is 10.1. The first-order valence-corrected chi connectivity index (χ1v) is 12.9. The van der Waals surface area contributed by atoms with E-state index in [2.05, 4.69) is 47.7 Å². The van der Waals surface area contributed by atoms with Crippen molar-refractivity contribution in [1.29, 1.82) is 0 Å². The Morgan fingerprint density at radius 3 is 2.47 bits per heavy atom. The molecule has 15 heteroatoms. The quantitative estimate of drug-likeness (QED) is 0.0554. The number of thiol groups is 1. The molecule has 4 rings (SSSR count). The summed E-state index contributed by atoms with van der Waals surface area (Å²) < 4.78 is 13.1. The highest BCUT2D eigenvalue weighted by atomic mass is 79.9. The third-order valence-corrected chi connectivity index (χ3v) is 6.65. The number of imidazole rings is 2. The molecule has 4 aromatic rings. The summed E-state index contributed by atoms with van der Waals surface area (Å²) in [5.41, 5.74) is 3.10. The third kappa shape index (κ3) is 6.42. The van der Waals surface area contributed by atoms with Gasteiger partial charge in [0.15, 0.2) is 15.9 Å². The van der Waals surface area contributed by atoms with Gasteiger partial charge in [0.25, 0.3) is 5.56 Å². The van der Waals surface area contributed by atoms with Crippen LogP contribution in [0.2, 0.25) is 0 Å². The monoisotopic (exact) mass is 578 g/mol. The van der Waals surface area contributed by atoms with Crippen molar-refractivity contribution >= 4 is 52.7 Å². The van der Waals surface area contributed by atoms with Crippen LogP contribution in [0.3, 0.4) is 0 Å². The van der Waals surface area contributed by atoms with E-state index in [1.165, 1.54) is 11.5 Å². The van der Waals surface area contributed by atoms with Crippen LogP contribution in [0.1, 0.15) is 5.69 Å². The van der Waals surface area contributed by atoms with E-state index in [1.807, 2.05) is 37.3 Å². The van der Waals surface area contributed by atoms with Crippen LogP contribution in [0.25, 0.3) is 28.2 Å². The van der Waals surface area contributed by atoms with Crippen LogP contribution in [0.15, 0.2) is 39.9 Å². The molecule has 0 saturated carbocycles. The number of rotatable bonds is 7. The van der Waals surface area contributed by atoms with Crippen LogP contribution in [0.4, 0.5) is 0 Å². The van der Waals surface area contributed by atoms with Crippen LogP contribution in [-0.4, -0.2) is 71.6 Å². The van der Waals surface area contributed by atoms with Gasteiger partial charge < -0.3 is 28.8 Å². The first-order valence-electron chi connectivity index (χ1n) is 9.75. The van der Waals surface area contributed by atoms with Crippen LogP contribution in [0, 0.1) is 6.92 Å². The molecular formula is C19H26BrN5O7PS+. The van der Waals surface area contributed by atoms with Gasteiger partial charge in [-0.05, 0) is 28.4 Å². The molecule has 0 spiro atoms. The number of nitrogens with one attached hydrogen (secondary N) is 1. The van der Waals surface area contributed by atoms with Gasteiger partial charge in [-0.3, -0.25) is 10.1 Å². The SMILES string of the molecule is COP(S)OCCO.Cc1c(-c2ccccc2)[nH]c2nc3c(nc(Br)n3CCO)c(=O)n12.O[OH2+]. The Bertz CT molecular complexity index is 1250. The van der Waals surface area contributed by atoms with Gasteiger partial charge in [0, 0.05) is 13.7 Å². The molecule has 0 radical (unpaired) electrons. The second-order valence-electron chi connectivity index (χ2n) is 6.43. The lowest BCUT2D eigenvalue weighted by Gasteiger charge is -2.05. The number of fused-ring (bicyclic) bond motifs is 2. The summed E-state index contributed by atoms with van der Waals surface area (Å²) in [6.45, 7) is 2.43. The second-order valence-corrected chi connectivity index (χ2v) is 9.22. The zero-order valence-electron chi connectivity index (χ0n) is 18.3. The number of halogens is 1. The van der Waals surface area contributed by atoms with Crippen molar-refractivity contribution in [3.05, 3.63) is 51.1 Å². The molecule has 0 aliphatic rings. The highest BCUT2D eigenvalue weighted by Crippen LogP contribution is 2.41. The van der Waals surface area contributed by atoms with E-state index >= 15 is 0 Å². The standard InChI is InChI=1S/C16H14BrN5O2.C3H9O3PS.H2O2/c1-9-11(10-5-3-2-4-6-10)19-16-20-13-12(14(24)22(9)16)18-15(17)21(13)7-8-23;1-5-7(8)6-3-2-4;1-2/h2-6,23H,7-8H2,1H3,(H,19,20);4,8H,2-3H2,1H3;1-2H/p+1. The lowest BCUT2D eigenvalue weighted by Crippen LogP contribution is -2.16. The number of nitrogens with zero attached hydrogens (tertiary/aromatic N) is 4. The van der Waals surface area contributed by atoms with Gasteiger partial charge in [-0.2, -0.15) is 4.98 Å². The van der Waals surface area contributed by atoms with E-state index in [1.54, 1.807) is 4.57 Å². The fraction of sp³-hybridized carbons (Fsp3) is 0.316. The highest BCUT2D eigenvalue weighted by Gasteiger charge is 2.19. The van der Waals surface area contributed by atoms with Crippen molar-refractivity contribution in [3.63, 3.8) is 0 Å². The number of aliphatic hydroxyl groups excluding tert-OH is 2. The van der Waals surface area contributed by atoms with Gasteiger partial charge in [-0.25, -0.2) is 9.38 Å². The summed E-state index contributed by atoms with van der Waals surface area (Å²) in [4.78, 5) is 24.9. The average molecular weight is 579 g/mol. The maximum Gasteiger partial charge on any atom is 0.287 e. The normalized spacial score (nSPS) is 11.6. The Hall–Kier alpha value is -1.87. The molecule has 0 fully saturated rings. The zero-order valence-corrected chi connectivity index (χ0v) is 21.7. The summed E-state index contributed by atoms with van der Waals surface area (Å²) in [5.74, 6) is 0.454. The number of H-pyrrole nitrogens is 1. The number of hydrogen-bond donors (Lipinski definition) is 5. The van der Waals surface area contributed by atoms with Gasteiger partial charge in [0.05, 0.1) is 31.2 Å². The van der Waals surface area contributed by atoms with E-state index < -0.39 is 7.58 Å². The topological polar surface area (TPSA) is 170 Å². The minimum Gasteiger partial charge on any atom is -0.395 e. The Balaban J connectivity index is 0.000000350. The van der Waals surface area contributed by atoms with Gasteiger partial charge in [-0.1, -0.05) is 42.6 Å². The average Bonchev–Trinajstić information content (AvgIpc) is 3.37. The second kappa shape index (κ2) is 13.9. The Morgan fingerprint density at radius 1 is 1.21 bits per heavy atom. The third-order valence-electron chi connectivity index (χ3n) is 4.49. The molecular weight excluding hydrogens is 553 g/mol. The van der Waals surface area contributed by atoms with Gasteiger partial charge in [-0.15, -0.1) is 5.26 Å². The molecule has 0 saturated heterocycles. The molecule has 1 atom stereocenters. The van der Waals surface area contributed by atoms with Gasteiger partial charge in [0.1, 0.15) is 0 Å². The first kappa shape index (κ1) is 28.4. The van der Waals surface area contributed by atoms with Crippen LogP contribution in [-0.2, 0) is 15.6 Å². The largest absolute Gasteiger partial charge is 0.395 e. The molecule has 186 valence electrons. The number of benzene rings is 1. The van der Waals surface area contributed by atoms with Crippen molar-refractivity contribution in [1.82, 2.24) is 23.9 Å². The minimum atomic E-state index is -1.05. The predicted octanol–water partition coefficient (Wildman–Crippen LogP) is 2.08. The van der Waals surface area contributed by atoms with Crippen molar-refractivity contribution in [2.75, 3.05) is 26.9 Å². The first-order chi connectivity index (χ1) is 16.4. The van der Waals surface area contributed by atoms with E-state index in [-0.39, 0.29) is 24.3 Å². The molecule has 3 aromatic heterocycles. The minimum absolute atomic E-state index is 0.0166. The molecule has 0 amide bonds. The summed E-state index contributed by atoms with van der Waals surface area (Å²) >= 11 is 7.19. The Morgan fingerprint density at radius 2 is 1.88 bits per heavy atom. The van der Waals surface area contributed by atoms with Crippen LogP contribution in [0.5, 0.6) is 0 Å². The van der Waals surface area contributed by atoms with Crippen molar-refractivity contribution in [3.8, 4) is 11.3 Å². The van der Waals surface area contributed by atoms with Crippen molar-refractivity contribution < 1.29 is 29.8 Å². The predicted molar refractivity (Wildman–Crippen MR) is 136 cm³/mol. The van der Waals surface area contributed by atoms with E-state index in [9.17, 15) is 9.90 Å². The maximum absolute atomic E-state index is 12.9. The number of hydrogen-bond acceptors (Lipinski definition) is 9. The number of aromatic nitrogens is 5. The summed E-state index contributed by atoms with van der Waals surface area (Å²) in [5, 5.41) is 28.4. The molecule has 6 N–H and O–H groups in total.